The molecule has 0 aliphatic heterocycles. The lowest BCUT2D eigenvalue weighted by Crippen LogP contribution is -2.64. The molecule has 0 aromatic carbocycles. The average Bonchev–Trinajstić information content (AvgIpc) is 3.32. The molecule has 0 heterocycles. The van der Waals surface area contributed by atoms with Crippen LogP contribution in [0.3, 0.4) is 0 Å². The van der Waals surface area contributed by atoms with Crippen molar-refractivity contribution in [2.75, 3.05) is 13.2 Å². The van der Waals surface area contributed by atoms with Crippen molar-refractivity contribution in [3.63, 3.8) is 0 Å². The van der Waals surface area contributed by atoms with Crippen molar-refractivity contribution in [1.82, 2.24) is 0 Å². The minimum Gasteiger partial charge on any atom is -0.462 e. The van der Waals surface area contributed by atoms with E-state index in [2.05, 4.69) is 56.4 Å². The normalized spacial score (nSPS) is 21.5. The minimum atomic E-state index is -5.14. The molecule has 0 aromatic heterocycles. The first-order chi connectivity index (χ1) is 32.9. The Balaban J connectivity index is 2.43. The second-order valence-corrected chi connectivity index (χ2v) is 19.8. The maximum Gasteiger partial charge on any atom is 0.472 e. The Morgan fingerprint density at radius 2 is 0.824 bits per heavy atom. The van der Waals surface area contributed by atoms with Crippen LogP contribution in [0.1, 0.15) is 213 Å². The zero-order valence-corrected chi connectivity index (χ0v) is 43.0. The highest BCUT2D eigenvalue weighted by molar-refractivity contribution is 7.47. The van der Waals surface area contributed by atoms with E-state index in [9.17, 15) is 44.6 Å². The zero-order valence-electron chi connectivity index (χ0n) is 42.1. The van der Waals surface area contributed by atoms with Gasteiger partial charge in [-0.05, 0) is 51.4 Å². The van der Waals surface area contributed by atoms with Crippen molar-refractivity contribution in [3.05, 3.63) is 60.8 Å². The summed E-state index contributed by atoms with van der Waals surface area (Å²) in [5, 5.41) is 50.3. The van der Waals surface area contributed by atoms with Crippen LogP contribution < -0.4 is 0 Å². The molecular weight excluding hydrogens is 888 g/mol. The van der Waals surface area contributed by atoms with Gasteiger partial charge in [0.25, 0.3) is 0 Å². The highest BCUT2D eigenvalue weighted by Crippen LogP contribution is 2.47. The van der Waals surface area contributed by atoms with Crippen LogP contribution in [-0.4, -0.2) is 98.3 Å². The Kier molecular flexibility index (Phi) is 40.5. The van der Waals surface area contributed by atoms with E-state index in [1.54, 1.807) is 0 Å². The molecule has 68 heavy (non-hydrogen) atoms. The molecule has 0 bridgehead atoms. The first-order valence-electron chi connectivity index (χ1n) is 26.6. The van der Waals surface area contributed by atoms with Crippen molar-refractivity contribution < 1.29 is 63.1 Å². The Morgan fingerprint density at radius 3 is 1.26 bits per heavy atom. The van der Waals surface area contributed by atoms with Crippen molar-refractivity contribution in [3.8, 4) is 0 Å². The van der Waals surface area contributed by atoms with Crippen LogP contribution in [0, 0.1) is 0 Å². The van der Waals surface area contributed by atoms with Crippen molar-refractivity contribution in [2.24, 2.45) is 0 Å². The summed E-state index contributed by atoms with van der Waals surface area (Å²) in [6, 6.07) is 0. The van der Waals surface area contributed by atoms with E-state index in [1.165, 1.54) is 116 Å². The number of aliphatic hydroxyl groups excluding tert-OH is 5. The topological polar surface area (TPSA) is 210 Å². The van der Waals surface area contributed by atoms with E-state index in [4.69, 9.17) is 18.5 Å². The summed E-state index contributed by atoms with van der Waals surface area (Å²) >= 11 is 0. The molecule has 1 aliphatic carbocycles. The predicted octanol–water partition coefficient (Wildman–Crippen LogP) is 11.7. The Bertz CT molecular complexity index is 1420. The van der Waals surface area contributed by atoms with Gasteiger partial charge in [0.05, 0.1) is 6.61 Å². The molecule has 0 aromatic rings. The Hall–Kier alpha value is -2.45. The molecule has 1 fully saturated rings. The molecule has 14 heteroatoms. The van der Waals surface area contributed by atoms with Crippen LogP contribution in [0.5, 0.6) is 0 Å². The van der Waals surface area contributed by atoms with E-state index >= 15 is 0 Å². The average molecular weight is 983 g/mol. The molecule has 0 saturated heterocycles. The zero-order chi connectivity index (χ0) is 49.9. The molecule has 0 amide bonds. The summed E-state index contributed by atoms with van der Waals surface area (Å²) in [5.41, 5.74) is 0. The number of unbranched alkanes of at least 4 members (excludes halogenated alkanes) is 22. The van der Waals surface area contributed by atoms with Crippen LogP contribution >= 0.6 is 7.82 Å². The number of hydrogen-bond donors (Lipinski definition) is 6. The molecule has 1 saturated carbocycles. The second kappa shape index (κ2) is 43.3. The number of ether oxygens (including phenoxy) is 2. The quantitative estimate of drug-likeness (QED) is 0.0145. The van der Waals surface area contributed by atoms with Crippen LogP contribution in [0.25, 0.3) is 0 Å². The van der Waals surface area contributed by atoms with Gasteiger partial charge in [-0.1, -0.05) is 209 Å². The lowest BCUT2D eigenvalue weighted by Gasteiger charge is -2.41. The number of rotatable bonds is 44. The first-order valence-corrected chi connectivity index (χ1v) is 28.1. The van der Waals surface area contributed by atoms with Gasteiger partial charge >= 0.3 is 19.8 Å². The molecule has 1 rings (SSSR count). The maximum atomic E-state index is 12.9. The van der Waals surface area contributed by atoms with Gasteiger partial charge in [-0.15, -0.1) is 0 Å². The van der Waals surface area contributed by atoms with Gasteiger partial charge in [0.2, 0.25) is 0 Å². The SMILES string of the molecule is CCCCC/C=C/C/C=C/C/C=C/C/C=C/C/C=C/CCC(=O)OC[C@H](COP(=O)(O)OC1C(O)C(O)C(O)[C@H](O)C1O)OC(=O)CCCCCCCCCCCCCCCCCCCCCC. The molecule has 8 atom stereocenters. The number of phosphoric ester groups is 1. The second-order valence-electron chi connectivity index (χ2n) is 18.4. The van der Waals surface area contributed by atoms with Crippen molar-refractivity contribution >= 4 is 19.8 Å². The standard InChI is InChI=1S/C54H95O13P/c1-3-5-7-9-11-13-15-17-19-21-23-25-27-29-31-33-35-37-39-41-43-48(56)66-46(45-65-68(62,63)67-54-52(60)50(58)49(57)51(59)53(54)61)44-64-47(55)42-40-38-36-34-32-30-28-26-24-22-20-18-16-14-12-10-8-6-4-2/h12,14,18,20,24,26,30,32,36,38,46,49-54,57-61H,3-11,13,15-17,19,21-23,25,27-29,31,33-35,37,39-45H2,1-2H3,(H,62,63)/b14-12+,20-18+,26-24+,32-30+,38-36+/t46-,49?,50+,51?,52?,53?,54?/m1/s1. The van der Waals surface area contributed by atoms with Gasteiger partial charge in [0, 0.05) is 12.8 Å². The largest absolute Gasteiger partial charge is 0.472 e. The van der Waals surface area contributed by atoms with E-state index in [0.717, 1.165) is 51.4 Å². The van der Waals surface area contributed by atoms with Gasteiger partial charge in [-0.3, -0.25) is 18.6 Å². The van der Waals surface area contributed by atoms with Crippen LogP contribution in [0.4, 0.5) is 0 Å². The Morgan fingerprint density at radius 1 is 0.456 bits per heavy atom. The fourth-order valence-electron chi connectivity index (χ4n) is 7.86. The summed E-state index contributed by atoms with van der Waals surface area (Å²) in [5.74, 6) is -1.19. The van der Waals surface area contributed by atoms with E-state index in [1.807, 2.05) is 18.2 Å². The summed E-state index contributed by atoms with van der Waals surface area (Å²) in [7, 11) is -5.14. The van der Waals surface area contributed by atoms with E-state index < -0.39 is 75.7 Å². The van der Waals surface area contributed by atoms with Gasteiger partial charge in [-0.25, -0.2) is 4.57 Å². The summed E-state index contributed by atoms with van der Waals surface area (Å²) < 4.78 is 33.6. The number of hydrogen-bond acceptors (Lipinski definition) is 12. The molecule has 1 aliphatic rings. The van der Waals surface area contributed by atoms with Crippen LogP contribution in [0.15, 0.2) is 60.8 Å². The number of carbonyl (C=O) groups is 2. The number of esters is 2. The monoisotopic (exact) mass is 983 g/mol. The molecule has 0 spiro atoms. The highest BCUT2D eigenvalue weighted by atomic mass is 31.2. The van der Waals surface area contributed by atoms with E-state index in [0.29, 0.717) is 19.3 Å². The third-order valence-corrected chi connectivity index (χ3v) is 13.1. The van der Waals surface area contributed by atoms with Crippen LogP contribution in [-0.2, 0) is 32.7 Å². The molecule has 6 unspecified atom stereocenters. The van der Waals surface area contributed by atoms with Crippen molar-refractivity contribution in [2.45, 2.75) is 256 Å². The molecule has 13 nitrogen and oxygen atoms in total. The fourth-order valence-corrected chi connectivity index (χ4v) is 8.83. The first kappa shape index (κ1) is 63.6. The number of aliphatic hydroxyl groups is 5. The number of allylic oxidation sites excluding steroid dienone is 10. The molecule has 394 valence electrons. The summed E-state index contributed by atoms with van der Waals surface area (Å²) in [4.78, 5) is 35.8. The number of carbonyl (C=O) groups excluding carboxylic acids is 2. The van der Waals surface area contributed by atoms with Gasteiger partial charge in [0.1, 0.15) is 43.2 Å². The van der Waals surface area contributed by atoms with Gasteiger partial charge < -0.3 is 39.9 Å². The highest BCUT2D eigenvalue weighted by Gasteiger charge is 2.51. The smallest absolute Gasteiger partial charge is 0.462 e. The van der Waals surface area contributed by atoms with Gasteiger partial charge in [0.15, 0.2) is 6.10 Å². The van der Waals surface area contributed by atoms with Gasteiger partial charge in [-0.2, -0.15) is 0 Å². The predicted molar refractivity (Wildman–Crippen MR) is 272 cm³/mol. The lowest BCUT2D eigenvalue weighted by molar-refractivity contribution is -0.220. The minimum absolute atomic E-state index is 0.0433. The number of phosphoric acid groups is 1. The maximum absolute atomic E-state index is 12.9. The third kappa shape index (κ3) is 34.8. The van der Waals surface area contributed by atoms with Crippen LogP contribution in [0.2, 0.25) is 0 Å². The fraction of sp³-hybridized carbons (Fsp3) is 0.778. The van der Waals surface area contributed by atoms with E-state index in [-0.39, 0.29) is 12.8 Å². The van der Waals surface area contributed by atoms with Crippen molar-refractivity contribution in [1.29, 1.82) is 0 Å². The summed E-state index contributed by atoms with van der Waals surface area (Å²) in [6.45, 7) is 3.24. The lowest BCUT2D eigenvalue weighted by atomic mass is 9.85. The molecule has 6 N–H and O–H groups in total. The molecular formula is C54H95O13P. The molecule has 0 radical (unpaired) electrons. The third-order valence-electron chi connectivity index (χ3n) is 12.1. The summed E-state index contributed by atoms with van der Waals surface area (Å²) in [6.07, 6.45) is 41.4. The Labute approximate surface area is 411 Å².